The van der Waals surface area contributed by atoms with Gasteiger partial charge in [0.25, 0.3) is 11.8 Å². The minimum Gasteiger partial charge on any atom is -0.346 e. The lowest BCUT2D eigenvalue weighted by molar-refractivity contribution is -0.862. The summed E-state index contributed by atoms with van der Waals surface area (Å²) in [6.07, 6.45) is -9.77. The van der Waals surface area contributed by atoms with Crippen LogP contribution >= 0.6 is 11.6 Å². The molecule has 0 unspecified atom stereocenters. The molecule has 71 heavy (non-hydrogen) atoms. The van der Waals surface area contributed by atoms with E-state index in [4.69, 9.17) is 11.6 Å². The quantitative estimate of drug-likeness (QED) is 0.0724. The van der Waals surface area contributed by atoms with E-state index in [1.165, 1.54) is 47.1 Å². The number of fused-ring (bicyclic) bond motifs is 4. The Balaban J connectivity index is 1.49. The predicted molar refractivity (Wildman–Crippen MR) is 238 cm³/mol. The van der Waals surface area contributed by atoms with Crippen LogP contribution in [0.4, 0.5) is 49.7 Å². The first-order valence-corrected chi connectivity index (χ1v) is 25.1. The van der Waals surface area contributed by atoms with Crippen molar-refractivity contribution in [3.63, 3.8) is 0 Å². The maximum atomic E-state index is 15.6. The zero-order valence-corrected chi connectivity index (χ0v) is 40.8. The molecule has 14 nitrogen and oxygen atoms in total. The zero-order chi connectivity index (χ0) is 52.9. The normalized spacial score (nSPS) is 17.3. The van der Waals surface area contributed by atoms with Crippen LogP contribution in [0.3, 0.4) is 0 Å². The van der Waals surface area contributed by atoms with Crippen molar-refractivity contribution in [2.45, 2.75) is 74.8 Å². The van der Waals surface area contributed by atoms with Gasteiger partial charge in [-0.3, -0.25) is 19.0 Å². The van der Waals surface area contributed by atoms with E-state index in [0.717, 1.165) is 30.5 Å². The topological polar surface area (TPSA) is 166 Å². The molecule has 5 aromatic rings. The molecule has 3 atom stereocenters. The fraction of sp³-hybridized carbons (Fsp3) is 0.432. The van der Waals surface area contributed by atoms with Crippen LogP contribution in [0.5, 0.6) is 0 Å². The number of carbonyl (C=O) groups is 2. The smallest absolute Gasteiger partial charge is 0.346 e. The molecule has 0 aliphatic heterocycles. The van der Waals surface area contributed by atoms with Crippen LogP contribution < -0.4 is 9.62 Å². The van der Waals surface area contributed by atoms with Gasteiger partial charge in [-0.2, -0.15) is 49.6 Å². The number of pyridine rings is 1. The maximum Gasteiger partial charge on any atom is 0.435 e. The molecule has 382 valence electrons. The largest absolute Gasteiger partial charge is 0.435 e. The molecule has 27 heteroatoms. The molecule has 2 aromatic carbocycles. The summed E-state index contributed by atoms with van der Waals surface area (Å²) in [7, 11) is -4.01. The van der Waals surface area contributed by atoms with E-state index in [2.05, 4.69) is 32.3 Å². The van der Waals surface area contributed by atoms with Crippen LogP contribution in [-0.2, 0) is 61.1 Å². The van der Waals surface area contributed by atoms with E-state index < -0.39 is 155 Å². The predicted octanol–water partition coefficient (Wildman–Crippen LogP) is 7.29. The molecule has 1 saturated carbocycles. The number of hydrogen-bond acceptors (Lipinski definition) is 9. The van der Waals surface area contributed by atoms with Crippen molar-refractivity contribution >= 4 is 60.0 Å². The Kier molecular flexibility index (Phi) is 13.3. The highest BCUT2D eigenvalue weighted by molar-refractivity contribution is 7.93. The van der Waals surface area contributed by atoms with Crippen LogP contribution in [0, 0.1) is 29.4 Å². The van der Waals surface area contributed by atoms with Crippen LogP contribution in [-0.4, -0.2) is 109 Å². The van der Waals surface area contributed by atoms with Crippen LogP contribution in [0.1, 0.15) is 66.1 Å². The third kappa shape index (κ3) is 10.9. The summed E-state index contributed by atoms with van der Waals surface area (Å²) in [4.78, 5) is 32.5. The molecule has 1 fully saturated rings. The van der Waals surface area contributed by atoms with E-state index in [9.17, 15) is 61.5 Å². The van der Waals surface area contributed by atoms with Gasteiger partial charge in [0, 0.05) is 34.9 Å². The van der Waals surface area contributed by atoms with Gasteiger partial charge in [-0.1, -0.05) is 23.6 Å². The standard InChI is InChI=1S/C44H41ClF10N8O6S2/c1-41(2,70(6,66)67)13-12-25-8-9-26(27-10-11-30(45)35-37(27)61(21-42(48,49)50)59-40(35)62(71(7,68)69)33(65)20-63(3,4)5)36(56-25)31(16-22-14-23(46)17-24(47)15-22)57-32(64)19-60-39-34(38(58-60)44(53,54)55)28-18-29(28)43(39,51)52/h8-11,14-15,17,28-29,31H,16,18-21H2,1-7H3/p+1/t28-,29+,31-/m0/s1. The van der Waals surface area contributed by atoms with Crippen molar-refractivity contribution < 1.29 is 74.8 Å². The van der Waals surface area contributed by atoms with Crippen LogP contribution in [0.15, 0.2) is 42.5 Å². The highest BCUT2D eigenvalue weighted by atomic mass is 35.5. The number of sulfonamides is 1. The summed E-state index contributed by atoms with van der Waals surface area (Å²) in [6, 6.07) is 4.96. The average Bonchev–Trinajstić information content (AvgIpc) is 3.70. The summed E-state index contributed by atoms with van der Waals surface area (Å²) in [5.41, 5.74) is -5.66. The summed E-state index contributed by atoms with van der Waals surface area (Å²) < 4.78 is 198. The summed E-state index contributed by atoms with van der Waals surface area (Å²) >= 11 is 6.66. The lowest BCUT2D eigenvalue weighted by Gasteiger charge is -2.26. The minimum absolute atomic E-state index is 0.158. The Morgan fingerprint density at radius 1 is 0.944 bits per heavy atom. The Labute approximate surface area is 404 Å². The van der Waals surface area contributed by atoms with Crippen molar-refractivity contribution in [3.05, 3.63) is 93.0 Å². The average molecular weight is 1070 g/mol. The number of halogens is 11. The number of quaternary nitrogens is 1. The van der Waals surface area contributed by atoms with E-state index in [1.54, 1.807) is 0 Å². The lowest BCUT2D eigenvalue weighted by Crippen LogP contribution is -2.48. The van der Waals surface area contributed by atoms with Gasteiger partial charge in [0.05, 0.1) is 55.1 Å². The fourth-order valence-electron chi connectivity index (χ4n) is 8.33. The molecular formula is C44H42ClF10N8O6S2+. The first-order chi connectivity index (χ1) is 32.4. The highest BCUT2D eigenvalue weighted by Gasteiger charge is 2.68. The Bertz CT molecular complexity index is 3300. The van der Waals surface area contributed by atoms with E-state index in [-0.39, 0.29) is 42.3 Å². The first kappa shape index (κ1) is 53.0. The fourth-order valence-corrected chi connectivity index (χ4v) is 9.67. The number of rotatable bonds is 13. The zero-order valence-electron chi connectivity index (χ0n) is 38.4. The number of anilines is 1. The minimum atomic E-state index is -5.21. The second-order valence-corrected chi connectivity index (χ2v) is 23.7. The third-order valence-electron chi connectivity index (χ3n) is 11.7. The second-order valence-electron chi connectivity index (χ2n) is 18.9. The Morgan fingerprint density at radius 2 is 1.56 bits per heavy atom. The molecule has 1 N–H and O–H groups in total. The van der Waals surface area contributed by atoms with Gasteiger partial charge in [-0.25, -0.2) is 30.6 Å². The van der Waals surface area contributed by atoms with Crippen molar-refractivity contribution in [2.75, 3.05) is 44.5 Å². The highest BCUT2D eigenvalue weighted by Crippen LogP contribution is 2.68. The molecule has 0 saturated heterocycles. The molecule has 0 spiro atoms. The van der Waals surface area contributed by atoms with Crippen LogP contribution in [0.2, 0.25) is 5.02 Å². The maximum absolute atomic E-state index is 15.6. The summed E-state index contributed by atoms with van der Waals surface area (Å²) in [5, 5.41) is 8.88. The number of benzene rings is 2. The number of nitrogens with one attached hydrogen (secondary N) is 1. The van der Waals surface area contributed by atoms with Gasteiger partial charge in [-0.05, 0) is 74.4 Å². The summed E-state index contributed by atoms with van der Waals surface area (Å²) in [5.74, 6) is -6.94. The molecule has 2 aliphatic rings. The van der Waals surface area contributed by atoms with Gasteiger partial charge in [0.15, 0.2) is 27.9 Å². The monoisotopic (exact) mass is 1070 g/mol. The molecule has 0 radical (unpaired) electrons. The number of hydrogen-bond donors (Lipinski definition) is 1. The van der Waals surface area contributed by atoms with Gasteiger partial charge in [-0.15, -0.1) is 0 Å². The van der Waals surface area contributed by atoms with Crippen molar-refractivity contribution in [3.8, 4) is 23.0 Å². The van der Waals surface area contributed by atoms with E-state index in [0.29, 0.717) is 17.0 Å². The van der Waals surface area contributed by atoms with Crippen LogP contribution in [0.25, 0.3) is 22.0 Å². The van der Waals surface area contributed by atoms with Crippen molar-refractivity contribution in [1.82, 2.24) is 29.9 Å². The number of sulfone groups is 1. The number of aromatic nitrogens is 5. The molecule has 3 heterocycles. The SMILES string of the molecule is CC(C)(C#Cc1ccc(-c2ccc(Cl)c3c(N(C(=O)C[N+](C)(C)C)S(C)(=O)=O)nn(CC(F)(F)F)c23)c([C@H](Cc2cc(F)cc(F)c2)NC(=O)Cn2nc(C(F)(F)F)c3c2C(F)(F)[C@@H]2C[C@H]32)n1)S(C)(=O)=O. The third-order valence-corrected chi connectivity index (χ3v) is 15.0. The van der Waals surface area contributed by atoms with E-state index in [1.807, 2.05) is 0 Å². The van der Waals surface area contributed by atoms with Gasteiger partial charge in [0.1, 0.15) is 40.9 Å². The molecule has 3 aromatic heterocycles. The Hall–Kier alpha value is -5.78. The Morgan fingerprint density at radius 3 is 2.13 bits per heavy atom. The lowest BCUT2D eigenvalue weighted by atomic mass is 9.93. The van der Waals surface area contributed by atoms with Crippen molar-refractivity contribution in [2.24, 2.45) is 5.92 Å². The second kappa shape index (κ2) is 17.8. The number of alkyl halides is 8. The number of nitrogens with zero attached hydrogens (tertiary/aromatic N) is 7. The molecule has 2 amide bonds. The molecule has 2 aliphatic carbocycles. The van der Waals surface area contributed by atoms with Gasteiger partial charge in [0.2, 0.25) is 15.9 Å². The number of carbonyl (C=O) groups excluding carboxylic acids is 2. The summed E-state index contributed by atoms with van der Waals surface area (Å²) in [6.45, 7) is -1.25. The number of likely N-dealkylation sites (N-methyl/N-ethyl adjacent to an activating group) is 1. The van der Waals surface area contributed by atoms with E-state index >= 15 is 8.78 Å². The van der Waals surface area contributed by atoms with Gasteiger partial charge >= 0.3 is 12.4 Å². The first-order valence-electron chi connectivity index (χ1n) is 21.0. The van der Waals surface area contributed by atoms with Gasteiger partial charge < -0.3 is 9.80 Å². The molecule has 7 rings (SSSR count). The molecule has 0 bridgehead atoms. The van der Waals surface area contributed by atoms with Crippen molar-refractivity contribution in [1.29, 1.82) is 0 Å². The number of amides is 2. The molecular weight excluding hydrogens is 1030 g/mol.